The molecule has 9 nitrogen and oxygen atoms in total. The molecule has 4 heterocycles. The summed E-state index contributed by atoms with van der Waals surface area (Å²) < 4.78 is 1.73. The van der Waals surface area contributed by atoms with Gasteiger partial charge in [-0.2, -0.15) is 5.10 Å². The van der Waals surface area contributed by atoms with Crippen molar-refractivity contribution >= 4 is 34.2 Å². The maximum Gasteiger partial charge on any atom is 0.257 e. The van der Waals surface area contributed by atoms with Crippen LogP contribution < -0.4 is 10.6 Å². The zero-order valence-corrected chi connectivity index (χ0v) is 21.6. The molecule has 4 aromatic rings. The van der Waals surface area contributed by atoms with Crippen LogP contribution in [0.3, 0.4) is 0 Å². The van der Waals surface area contributed by atoms with Crippen molar-refractivity contribution in [3.8, 4) is 11.3 Å². The molecule has 0 atom stereocenters. The number of aryl methyl sites for hydroxylation is 2. The van der Waals surface area contributed by atoms with Crippen molar-refractivity contribution in [3.63, 3.8) is 0 Å². The van der Waals surface area contributed by atoms with Gasteiger partial charge in [-0.3, -0.25) is 19.3 Å². The molecular weight excluding hydrogens is 466 g/mol. The van der Waals surface area contributed by atoms with Crippen molar-refractivity contribution in [2.24, 2.45) is 12.5 Å². The average molecular weight is 498 g/mol. The Morgan fingerprint density at radius 3 is 2.68 bits per heavy atom. The molecule has 0 bridgehead atoms. The minimum atomic E-state index is -0.303. The van der Waals surface area contributed by atoms with Crippen molar-refractivity contribution in [1.82, 2.24) is 24.7 Å². The molecule has 0 unspecified atom stereocenters. The lowest BCUT2D eigenvalue weighted by molar-refractivity contribution is -0.116. The molecule has 0 aromatic carbocycles. The Morgan fingerprint density at radius 2 is 1.95 bits per heavy atom. The van der Waals surface area contributed by atoms with Crippen molar-refractivity contribution in [1.29, 1.82) is 0 Å². The van der Waals surface area contributed by atoms with E-state index in [-0.39, 0.29) is 17.2 Å². The lowest BCUT2D eigenvalue weighted by Crippen LogP contribution is -2.15. The SMILES string of the molecule is Cc1ncc(NC(=O)CCC2=CC(C)(C)CC2)cc1NC(=O)c1cnc2[nH]c(-c3cnn(C)c3)cc2c1. The van der Waals surface area contributed by atoms with Gasteiger partial charge in [-0.1, -0.05) is 25.5 Å². The fourth-order valence-electron chi connectivity index (χ4n) is 4.65. The summed E-state index contributed by atoms with van der Waals surface area (Å²) in [6.07, 6.45) is 12.5. The van der Waals surface area contributed by atoms with Gasteiger partial charge in [0.05, 0.1) is 40.7 Å². The Balaban J connectivity index is 1.25. The Kier molecular flexibility index (Phi) is 6.37. The minimum absolute atomic E-state index is 0.0694. The van der Waals surface area contributed by atoms with Gasteiger partial charge in [0.25, 0.3) is 5.91 Å². The van der Waals surface area contributed by atoms with Crippen LogP contribution in [0, 0.1) is 12.3 Å². The first kappa shape index (κ1) is 24.4. The van der Waals surface area contributed by atoms with E-state index >= 15 is 0 Å². The molecule has 2 amide bonds. The molecule has 1 aliphatic carbocycles. The molecule has 9 heteroatoms. The van der Waals surface area contributed by atoms with Gasteiger partial charge >= 0.3 is 0 Å². The fraction of sp³-hybridized carbons (Fsp3) is 0.321. The number of carbonyl (C=O) groups excluding carboxylic acids is 2. The van der Waals surface area contributed by atoms with Crippen LogP contribution in [0.4, 0.5) is 11.4 Å². The molecule has 5 rings (SSSR count). The van der Waals surface area contributed by atoms with Gasteiger partial charge in [0.15, 0.2) is 0 Å². The number of fused-ring (bicyclic) bond motifs is 1. The molecule has 0 aliphatic heterocycles. The summed E-state index contributed by atoms with van der Waals surface area (Å²) in [6.45, 7) is 6.25. The number of amides is 2. The van der Waals surface area contributed by atoms with Crippen LogP contribution in [0.5, 0.6) is 0 Å². The van der Waals surface area contributed by atoms with Crippen molar-refractivity contribution in [2.75, 3.05) is 10.6 Å². The van der Waals surface area contributed by atoms with E-state index in [2.05, 4.69) is 50.6 Å². The number of nitrogens with one attached hydrogen (secondary N) is 3. The van der Waals surface area contributed by atoms with E-state index in [0.29, 0.717) is 34.7 Å². The molecule has 0 spiro atoms. The summed E-state index contributed by atoms with van der Waals surface area (Å²) in [5.41, 5.74) is 6.24. The normalized spacial score (nSPS) is 14.5. The lowest BCUT2D eigenvalue weighted by Gasteiger charge is -2.12. The standard InChI is InChI=1S/C28H31N7O2/c1-17-23(11-22(15-29-17)32-25(36)6-5-18-7-8-28(2,3)12-18)34-27(37)20-9-19-10-24(33-26(19)30-13-20)21-14-31-35(4)16-21/h9-16H,5-8H2,1-4H3,(H,30,33)(H,32,36)(H,34,37). The number of anilines is 2. The summed E-state index contributed by atoms with van der Waals surface area (Å²) >= 11 is 0. The number of carbonyl (C=O) groups is 2. The number of allylic oxidation sites excluding steroid dienone is 2. The first-order valence-corrected chi connectivity index (χ1v) is 12.4. The van der Waals surface area contributed by atoms with Crippen LogP contribution in [0.25, 0.3) is 22.3 Å². The second-order valence-corrected chi connectivity index (χ2v) is 10.4. The Morgan fingerprint density at radius 1 is 1.11 bits per heavy atom. The number of H-pyrrole nitrogens is 1. The second-order valence-electron chi connectivity index (χ2n) is 10.4. The van der Waals surface area contributed by atoms with Crippen LogP contribution in [0.1, 0.15) is 55.6 Å². The van der Waals surface area contributed by atoms with Crippen LogP contribution in [-0.4, -0.2) is 36.5 Å². The predicted molar refractivity (Wildman–Crippen MR) is 144 cm³/mol. The van der Waals surface area contributed by atoms with Crippen molar-refractivity contribution in [2.45, 2.75) is 46.5 Å². The molecule has 0 fully saturated rings. The summed E-state index contributed by atoms with van der Waals surface area (Å²) in [7, 11) is 1.86. The first-order chi connectivity index (χ1) is 17.6. The van der Waals surface area contributed by atoms with E-state index < -0.39 is 0 Å². The molecule has 37 heavy (non-hydrogen) atoms. The van der Waals surface area contributed by atoms with Crippen molar-refractivity contribution in [3.05, 3.63) is 65.9 Å². The third-order valence-corrected chi connectivity index (χ3v) is 6.73. The maximum absolute atomic E-state index is 13.0. The van der Waals surface area contributed by atoms with E-state index in [0.717, 1.165) is 35.9 Å². The number of aromatic nitrogens is 5. The highest BCUT2D eigenvalue weighted by Crippen LogP contribution is 2.36. The molecule has 0 radical (unpaired) electrons. The summed E-state index contributed by atoms with van der Waals surface area (Å²) in [6, 6.07) is 5.47. The van der Waals surface area contributed by atoms with E-state index in [1.54, 1.807) is 29.2 Å². The van der Waals surface area contributed by atoms with Crippen LogP contribution in [-0.2, 0) is 11.8 Å². The highest BCUT2D eigenvalue weighted by atomic mass is 16.2. The van der Waals surface area contributed by atoms with Crippen LogP contribution >= 0.6 is 0 Å². The number of aromatic amines is 1. The maximum atomic E-state index is 13.0. The molecule has 0 saturated carbocycles. The molecule has 4 aromatic heterocycles. The number of pyridine rings is 2. The van der Waals surface area contributed by atoms with E-state index in [1.165, 1.54) is 11.8 Å². The fourth-order valence-corrected chi connectivity index (χ4v) is 4.65. The van der Waals surface area contributed by atoms with Gasteiger partial charge < -0.3 is 15.6 Å². The van der Waals surface area contributed by atoms with Crippen molar-refractivity contribution < 1.29 is 9.59 Å². The molecular formula is C28H31N7O2. The van der Waals surface area contributed by atoms with Gasteiger partial charge in [0, 0.05) is 36.8 Å². The highest BCUT2D eigenvalue weighted by Gasteiger charge is 2.22. The monoisotopic (exact) mass is 497 g/mol. The van der Waals surface area contributed by atoms with Gasteiger partial charge in [-0.15, -0.1) is 0 Å². The lowest BCUT2D eigenvalue weighted by atomic mass is 9.94. The van der Waals surface area contributed by atoms with Gasteiger partial charge in [-0.05, 0) is 49.8 Å². The van der Waals surface area contributed by atoms with Crippen LogP contribution in [0.2, 0.25) is 0 Å². The molecule has 190 valence electrons. The first-order valence-electron chi connectivity index (χ1n) is 12.4. The predicted octanol–water partition coefficient (Wildman–Crippen LogP) is 5.38. The van der Waals surface area contributed by atoms with Gasteiger partial charge in [-0.25, -0.2) is 4.98 Å². The number of nitrogens with zero attached hydrogens (tertiary/aromatic N) is 4. The third-order valence-electron chi connectivity index (χ3n) is 6.73. The molecule has 1 aliphatic rings. The Labute approximate surface area is 215 Å². The van der Waals surface area contributed by atoms with Gasteiger partial charge in [0.2, 0.25) is 5.91 Å². The molecule has 3 N–H and O–H groups in total. The zero-order chi connectivity index (χ0) is 26.2. The Bertz CT molecular complexity index is 1530. The summed E-state index contributed by atoms with van der Waals surface area (Å²) in [4.78, 5) is 37.6. The van der Waals surface area contributed by atoms with E-state index in [1.807, 2.05) is 26.2 Å². The van der Waals surface area contributed by atoms with Crippen LogP contribution in [0.15, 0.2) is 54.6 Å². The minimum Gasteiger partial charge on any atom is -0.339 e. The largest absolute Gasteiger partial charge is 0.339 e. The Hall–Kier alpha value is -4.27. The summed E-state index contributed by atoms with van der Waals surface area (Å²) in [5, 5.41) is 10.8. The quantitative estimate of drug-likeness (QED) is 0.296. The smallest absolute Gasteiger partial charge is 0.257 e. The number of hydrogen-bond donors (Lipinski definition) is 3. The average Bonchev–Trinajstić information content (AvgIpc) is 3.57. The zero-order valence-electron chi connectivity index (χ0n) is 21.6. The second kappa shape index (κ2) is 9.65. The highest BCUT2D eigenvalue weighted by molar-refractivity contribution is 6.06. The van der Waals surface area contributed by atoms with E-state index in [9.17, 15) is 9.59 Å². The number of rotatable bonds is 7. The van der Waals surface area contributed by atoms with Gasteiger partial charge in [0.1, 0.15) is 5.65 Å². The van der Waals surface area contributed by atoms with E-state index in [4.69, 9.17) is 0 Å². The summed E-state index contributed by atoms with van der Waals surface area (Å²) in [5.74, 6) is -0.372. The molecule has 0 saturated heterocycles. The third kappa shape index (κ3) is 5.61. The topological polar surface area (TPSA) is 118 Å². The number of hydrogen-bond acceptors (Lipinski definition) is 5.